The minimum absolute atomic E-state index is 0.130. The fraction of sp³-hybridized carbons (Fsp3) is 0.550. The van der Waals surface area contributed by atoms with Crippen LogP contribution in [0.3, 0.4) is 0 Å². The summed E-state index contributed by atoms with van der Waals surface area (Å²) in [6, 6.07) is 0. The maximum Gasteiger partial charge on any atom is 0.308 e. The molecule has 0 radical (unpaired) electrons. The highest BCUT2D eigenvalue weighted by Crippen LogP contribution is 2.42. The zero-order chi connectivity index (χ0) is 38.0. The van der Waals surface area contributed by atoms with E-state index in [1.165, 1.54) is 13.8 Å². The van der Waals surface area contributed by atoms with E-state index in [4.69, 9.17) is 9.47 Å². The van der Waals surface area contributed by atoms with E-state index in [2.05, 4.69) is 0 Å². The first-order chi connectivity index (χ1) is 23.4. The van der Waals surface area contributed by atoms with E-state index in [0.29, 0.717) is 38.5 Å². The molecule has 0 spiro atoms. The molecule has 10 heteroatoms. The van der Waals surface area contributed by atoms with Crippen LogP contribution in [0.15, 0.2) is 68.3 Å². The molecule has 274 valence electrons. The highest BCUT2D eigenvalue weighted by Gasteiger charge is 2.42. The standard InChI is InChI=1S/C40H54O10/c1-11-23(5)39(47)49-19-21(3)15-13-17-25(7)29-35(43)31(27(9)33(41)37(29)45)32-28(10)34(42)38(46)30(36(32)44)26(8)18-14-16-22(4)20-50-40(48)24(6)12-2/h15-16,23-26,43-44H,11-14,17-20H2,1-10H3/b21-15-,22-16-/t23-,24-,25+,26+/m1/s1. The number of aliphatic hydroxyl groups excluding tert-OH is 2. The number of rotatable bonds is 17. The van der Waals surface area contributed by atoms with E-state index in [1.54, 1.807) is 27.7 Å². The molecule has 0 unspecified atom stereocenters. The largest absolute Gasteiger partial charge is 0.507 e. The average molecular weight is 695 g/mol. The molecule has 0 amide bonds. The van der Waals surface area contributed by atoms with E-state index >= 15 is 0 Å². The predicted molar refractivity (Wildman–Crippen MR) is 190 cm³/mol. The van der Waals surface area contributed by atoms with Crippen LogP contribution < -0.4 is 0 Å². The third-order valence-corrected chi connectivity index (χ3v) is 9.65. The summed E-state index contributed by atoms with van der Waals surface area (Å²) >= 11 is 0. The quantitative estimate of drug-likeness (QED) is 0.0677. The summed E-state index contributed by atoms with van der Waals surface area (Å²) in [7, 11) is 0. The lowest BCUT2D eigenvalue weighted by Gasteiger charge is -2.28. The Labute approximate surface area is 296 Å². The summed E-state index contributed by atoms with van der Waals surface area (Å²) in [5.41, 5.74) is 0.809. The predicted octanol–water partition coefficient (Wildman–Crippen LogP) is 7.45. The number of hydrogen-bond acceptors (Lipinski definition) is 10. The van der Waals surface area contributed by atoms with E-state index in [-0.39, 0.29) is 70.4 Å². The van der Waals surface area contributed by atoms with Crippen molar-refractivity contribution in [2.24, 2.45) is 23.7 Å². The molecule has 2 aliphatic rings. The molecule has 2 N–H and O–H groups in total. The van der Waals surface area contributed by atoms with Crippen molar-refractivity contribution in [3.63, 3.8) is 0 Å². The fourth-order valence-corrected chi connectivity index (χ4v) is 5.73. The molecule has 50 heavy (non-hydrogen) atoms. The summed E-state index contributed by atoms with van der Waals surface area (Å²) < 4.78 is 10.7. The van der Waals surface area contributed by atoms with Gasteiger partial charge in [0.25, 0.3) is 0 Å². The van der Waals surface area contributed by atoms with Crippen LogP contribution in [0.1, 0.15) is 108 Å². The minimum atomic E-state index is -0.870. The molecule has 0 aromatic heterocycles. The van der Waals surface area contributed by atoms with Gasteiger partial charge in [-0.1, -0.05) is 53.7 Å². The molecule has 0 aromatic rings. The minimum Gasteiger partial charge on any atom is -0.507 e. The Balaban J connectivity index is 2.36. The summed E-state index contributed by atoms with van der Waals surface area (Å²) in [6.07, 6.45) is 6.73. The van der Waals surface area contributed by atoms with Crippen LogP contribution in [-0.4, -0.2) is 58.5 Å². The number of carbonyl (C=O) groups excluding carboxylic acids is 6. The number of esters is 2. The number of ether oxygens (including phenoxy) is 2. The molecule has 0 heterocycles. The van der Waals surface area contributed by atoms with Crippen LogP contribution >= 0.6 is 0 Å². The lowest BCUT2D eigenvalue weighted by molar-refractivity contribution is -0.147. The van der Waals surface area contributed by atoms with Gasteiger partial charge in [0.2, 0.25) is 23.1 Å². The number of ketones is 4. The molecular formula is C40H54O10. The van der Waals surface area contributed by atoms with E-state index in [1.807, 2.05) is 39.8 Å². The van der Waals surface area contributed by atoms with Gasteiger partial charge in [-0.25, -0.2) is 0 Å². The number of Topliss-reactive ketones (excluding diaryl/α,β-unsaturated/α-hetero) is 4. The van der Waals surface area contributed by atoms with Gasteiger partial charge in [0, 0.05) is 33.4 Å². The Morgan fingerprint density at radius 2 is 0.940 bits per heavy atom. The summed E-state index contributed by atoms with van der Waals surface area (Å²) in [5, 5.41) is 23.1. The lowest BCUT2D eigenvalue weighted by Crippen LogP contribution is -2.33. The maximum absolute atomic E-state index is 13.3. The van der Waals surface area contributed by atoms with Gasteiger partial charge in [-0.2, -0.15) is 0 Å². The Hall–Kier alpha value is -4.34. The normalized spacial score (nSPS) is 18.9. The summed E-state index contributed by atoms with van der Waals surface area (Å²) in [4.78, 5) is 77.0. The van der Waals surface area contributed by atoms with Gasteiger partial charge in [0.05, 0.1) is 11.8 Å². The molecule has 10 nitrogen and oxygen atoms in total. The van der Waals surface area contributed by atoms with Gasteiger partial charge in [-0.05, 0) is 89.2 Å². The average Bonchev–Trinajstić information content (AvgIpc) is 3.08. The van der Waals surface area contributed by atoms with Crippen LogP contribution in [0.25, 0.3) is 0 Å². The van der Waals surface area contributed by atoms with Crippen molar-refractivity contribution in [1.82, 2.24) is 0 Å². The summed E-state index contributed by atoms with van der Waals surface area (Å²) in [6.45, 7) is 17.4. The first-order valence-corrected chi connectivity index (χ1v) is 17.5. The molecule has 0 fully saturated rings. The molecule has 0 aromatic carbocycles. The molecule has 0 aliphatic heterocycles. The zero-order valence-corrected chi connectivity index (χ0v) is 31.3. The van der Waals surface area contributed by atoms with Crippen LogP contribution in [0, 0.1) is 23.7 Å². The Kier molecular flexibility index (Phi) is 15.6. The Morgan fingerprint density at radius 3 is 1.24 bits per heavy atom. The van der Waals surface area contributed by atoms with Crippen molar-refractivity contribution in [1.29, 1.82) is 0 Å². The first kappa shape index (κ1) is 41.8. The SMILES string of the molecule is CC[C@@H](C)C(=O)OC/C(C)=C\CC[C@H](C)C1=C(O)C(C2=C(C)C(=O)C(=O)C([C@@H](C)CC/C=C(/C)COC(=O)[C@H](C)CC)=C2O)=C(C)C(=O)C1=O. The second-order valence-electron chi connectivity index (χ2n) is 13.7. The fourth-order valence-electron chi connectivity index (χ4n) is 5.73. The van der Waals surface area contributed by atoms with Crippen LogP contribution in [0.2, 0.25) is 0 Å². The van der Waals surface area contributed by atoms with Gasteiger partial charge >= 0.3 is 11.9 Å². The molecule has 0 saturated heterocycles. The topological polar surface area (TPSA) is 161 Å². The lowest BCUT2D eigenvalue weighted by atomic mass is 9.74. The molecule has 2 rings (SSSR count). The third kappa shape index (κ3) is 9.88. The van der Waals surface area contributed by atoms with Crippen molar-refractivity contribution < 1.29 is 48.5 Å². The Bertz CT molecular complexity index is 1470. The van der Waals surface area contributed by atoms with Crippen molar-refractivity contribution in [3.8, 4) is 0 Å². The van der Waals surface area contributed by atoms with Gasteiger partial charge in [-0.3, -0.25) is 28.8 Å². The number of allylic oxidation sites excluding steroid dienone is 8. The second kappa shape index (κ2) is 18.6. The van der Waals surface area contributed by atoms with Gasteiger partial charge in [0.1, 0.15) is 24.7 Å². The second-order valence-corrected chi connectivity index (χ2v) is 13.7. The molecule has 2 aliphatic carbocycles. The molecule has 4 atom stereocenters. The van der Waals surface area contributed by atoms with Gasteiger partial charge in [0.15, 0.2) is 0 Å². The van der Waals surface area contributed by atoms with Crippen molar-refractivity contribution in [2.75, 3.05) is 13.2 Å². The Morgan fingerprint density at radius 1 is 0.620 bits per heavy atom. The van der Waals surface area contributed by atoms with Crippen molar-refractivity contribution in [2.45, 2.75) is 108 Å². The van der Waals surface area contributed by atoms with Gasteiger partial charge < -0.3 is 19.7 Å². The highest BCUT2D eigenvalue weighted by molar-refractivity contribution is 6.52. The van der Waals surface area contributed by atoms with Crippen molar-refractivity contribution >= 4 is 35.1 Å². The smallest absolute Gasteiger partial charge is 0.308 e. The zero-order valence-electron chi connectivity index (χ0n) is 31.3. The van der Waals surface area contributed by atoms with Crippen LogP contribution in [-0.2, 0) is 38.2 Å². The number of carbonyl (C=O) groups is 6. The molecular weight excluding hydrogens is 640 g/mol. The van der Waals surface area contributed by atoms with E-state index in [9.17, 15) is 39.0 Å². The van der Waals surface area contributed by atoms with Crippen LogP contribution in [0.5, 0.6) is 0 Å². The number of hydrogen-bond donors (Lipinski definition) is 2. The van der Waals surface area contributed by atoms with E-state index < -0.39 is 46.5 Å². The summed E-state index contributed by atoms with van der Waals surface area (Å²) in [5.74, 6) is -6.65. The monoisotopic (exact) mass is 694 g/mol. The first-order valence-electron chi connectivity index (χ1n) is 17.5. The van der Waals surface area contributed by atoms with Gasteiger partial charge in [-0.15, -0.1) is 0 Å². The highest BCUT2D eigenvalue weighted by atomic mass is 16.5. The third-order valence-electron chi connectivity index (χ3n) is 9.65. The molecule has 0 bridgehead atoms. The number of aliphatic hydroxyl groups is 2. The van der Waals surface area contributed by atoms with E-state index in [0.717, 1.165) is 11.1 Å². The maximum atomic E-state index is 13.3. The van der Waals surface area contributed by atoms with Crippen LogP contribution in [0.4, 0.5) is 0 Å². The van der Waals surface area contributed by atoms with Crippen molar-refractivity contribution in [3.05, 3.63) is 68.3 Å². The molecule has 0 saturated carbocycles.